The summed E-state index contributed by atoms with van der Waals surface area (Å²) in [5.74, 6) is -0.362. The number of hydrogen-bond acceptors (Lipinski definition) is 7. The molecule has 0 saturated carbocycles. The summed E-state index contributed by atoms with van der Waals surface area (Å²) >= 11 is 6.04. The number of nitrogens with one attached hydrogen (secondary N) is 3. The van der Waals surface area contributed by atoms with E-state index < -0.39 is 6.10 Å². The van der Waals surface area contributed by atoms with E-state index in [4.69, 9.17) is 11.6 Å². The first-order valence-corrected chi connectivity index (χ1v) is 13.3. The molecule has 1 saturated heterocycles. The van der Waals surface area contributed by atoms with Gasteiger partial charge in [-0.15, -0.1) is 0 Å². The van der Waals surface area contributed by atoms with Crippen molar-refractivity contribution in [2.75, 3.05) is 38.0 Å². The van der Waals surface area contributed by atoms with E-state index in [1.807, 2.05) is 0 Å². The number of rotatable bonds is 8. The van der Waals surface area contributed by atoms with E-state index in [1.54, 1.807) is 42.5 Å². The van der Waals surface area contributed by atoms with Crippen LogP contribution in [0.4, 0.5) is 5.69 Å². The van der Waals surface area contributed by atoms with Gasteiger partial charge >= 0.3 is 0 Å². The molecule has 4 heterocycles. The first kappa shape index (κ1) is 25.3. The Kier molecular flexibility index (Phi) is 6.68. The van der Waals surface area contributed by atoms with Gasteiger partial charge in [-0.1, -0.05) is 23.7 Å². The van der Waals surface area contributed by atoms with Crippen molar-refractivity contribution in [3.8, 4) is 11.4 Å². The summed E-state index contributed by atoms with van der Waals surface area (Å²) in [5, 5.41) is 14.3. The zero-order valence-corrected chi connectivity index (χ0v) is 21.8. The summed E-state index contributed by atoms with van der Waals surface area (Å²) in [6.07, 6.45) is 2.93. The Morgan fingerprint density at radius 2 is 1.79 bits per heavy atom. The minimum atomic E-state index is -0.861. The number of amides is 2. The quantitative estimate of drug-likeness (QED) is 0.249. The molecule has 0 unspecified atom stereocenters. The molecule has 6 rings (SSSR count). The highest BCUT2D eigenvalue weighted by molar-refractivity contribution is 6.30. The predicted octanol–water partition coefficient (Wildman–Crippen LogP) is 3.41. The van der Waals surface area contributed by atoms with Crippen molar-refractivity contribution in [3.05, 3.63) is 80.7 Å². The molecule has 1 atom stereocenters. The van der Waals surface area contributed by atoms with E-state index in [0.29, 0.717) is 51.5 Å². The number of likely N-dealkylation sites (tertiary alicyclic amines) is 1. The Morgan fingerprint density at radius 3 is 2.56 bits per heavy atom. The Labute approximate surface area is 228 Å². The number of fused-ring (bicyclic) bond motifs is 2. The van der Waals surface area contributed by atoms with Gasteiger partial charge in [0.1, 0.15) is 11.4 Å². The smallest absolute Gasteiger partial charge is 0.261 e. The van der Waals surface area contributed by atoms with Crippen molar-refractivity contribution in [2.24, 2.45) is 0 Å². The third-order valence-corrected chi connectivity index (χ3v) is 7.56. The molecule has 0 bridgehead atoms. The van der Waals surface area contributed by atoms with Crippen LogP contribution in [0, 0.1) is 0 Å². The highest BCUT2D eigenvalue weighted by atomic mass is 35.5. The summed E-state index contributed by atoms with van der Waals surface area (Å²) in [5.41, 5.74) is 2.63. The van der Waals surface area contributed by atoms with Crippen molar-refractivity contribution in [1.82, 2.24) is 24.8 Å². The number of halogens is 1. The summed E-state index contributed by atoms with van der Waals surface area (Å²) in [4.78, 5) is 53.0. The molecular formula is C28H27ClN6O4. The van der Waals surface area contributed by atoms with Gasteiger partial charge < -0.3 is 25.3 Å². The average molecular weight is 547 g/mol. The highest BCUT2D eigenvalue weighted by Crippen LogP contribution is 2.30. The molecule has 4 aromatic rings. The standard InChI is InChI=1S/C28H27ClN6O4/c29-17-5-3-4-16(12-17)23(36)15-31-20-6-7-30-26(37)24(20)25-32-21-13-18-19(14-22(21)33-25)28(39)35(27(18)38)11-10-34-8-1-2-9-34/h3-7,12-14,23,36H,1-2,8-11,15H2,(H,32,33)(H2,30,31,37)/t23-/m1/s1. The summed E-state index contributed by atoms with van der Waals surface area (Å²) in [6.45, 7) is 3.14. The van der Waals surface area contributed by atoms with E-state index in [1.165, 1.54) is 11.1 Å². The normalized spacial score (nSPS) is 16.3. The lowest BCUT2D eigenvalue weighted by Gasteiger charge is -2.19. The van der Waals surface area contributed by atoms with Crippen LogP contribution in [0.15, 0.2) is 53.5 Å². The first-order chi connectivity index (χ1) is 18.9. The number of anilines is 1. The van der Waals surface area contributed by atoms with Crippen LogP contribution in [0.25, 0.3) is 22.4 Å². The topological polar surface area (TPSA) is 134 Å². The molecule has 39 heavy (non-hydrogen) atoms. The molecule has 0 aliphatic carbocycles. The Bertz CT molecular complexity index is 1590. The minimum absolute atomic E-state index is 0.127. The number of H-pyrrole nitrogens is 2. The van der Waals surface area contributed by atoms with Crippen molar-refractivity contribution in [1.29, 1.82) is 0 Å². The molecule has 200 valence electrons. The molecule has 1 fully saturated rings. The van der Waals surface area contributed by atoms with Gasteiger partial charge in [-0.25, -0.2) is 4.98 Å². The van der Waals surface area contributed by atoms with Crippen LogP contribution in [0.3, 0.4) is 0 Å². The SMILES string of the molecule is O=C1c2cc3nc(-c4c(NC[C@@H](O)c5cccc(Cl)c5)cc[nH]c4=O)[nH]c3cc2C(=O)N1CCN1CCCC1. The molecule has 11 heteroatoms. The van der Waals surface area contributed by atoms with Gasteiger partial charge in [0.15, 0.2) is 0 Å². The van der Waals surface area contributed by atoms with Crippen LogP contribution >= 0.6 is 11.6 Å². The van der Waals surface area contributed by atoms with Gasteiger partial charge in [-0.3, -0.25) is 19.3 Å². The van der Waals surface area contributed by atoms with E-state index in [0.717, 1.165) is 25.9 Å². The number of aliphatic hydroxyl groups excluding tert-OH is 1. The molecule has 2 aromatic heterocycles. The maximum absolute atomic E-state index is 13.1. The van der Waals surface area contributed by atoms with Gasteiger partial charge in [-0.2, -0.15) is 0 Å². The van der Waals surface area contributed by atoms with Gasteiger partial charge in [0, 0.05) is 30.9 Å². The molecule has 2 aromatic carbocycles. The van der Waals surface area contributed by atoms with E-state index in [2.05, 4.69) is 25.2 Å². The van der Waals surface area contributed by atoms with Crippen LogP contribution in [-0.4, -0.2) is 74.4 Å². The fourth-order valence-electron chi connectivity index (χ4n) is 5.26. The van der Waals surface area contributed by atoms with Crippen molar-refractivity contribution >= 4 is 40.1 Å². The molecule has 2 aliphatic heterocycles. The maximum Gasteiger partial charge on any atom is 0.261 e. The van der Waals surface area contributed by atoms with E-state index >= 15 is 0 Å². The number of aliphatic hydroxyl groups is 1. The van der Waals surface area contributed by atoms with Crippen LogP contribution in [-0.2, 0) is 0 Å². The van der Waals surface area contributed by atoms with Gasteiger partial charge in [0.05, 0.1) is 34.0 Å². The third kappa shape index (κ3) is 4.82. The summed E-state index contributed by atoms with van der Waals surface area (Å²) < 4.78 is 0. The maximum atomic E-state index is 13.1. The van der Waals surface area contributed by atoms with Gasteiger partial charge in [0.25, 0.3) is 17.4 Å². The first-order valence-electron chi connectivity index (χ1n) is 12.9. The molecule has 0 radical (unpaired) electrons. The number of benzene rings is 2. The van der Waals surface area contributed by atoms with Crippen molar-refractivity contribution in [2.45, 2.75) is 18.9 Å². The number of pyridine rings is 1. The zero-order chi connectivity index (χ0) is 27.1. The largest absolute Gasteiger partial charge is 0.387 e. The number of aromatic amines is 2. The number of carbonyl (C=O) groups excluding carboxylic acids is 2. The van der Waals surface area contributed by atoms with Gasteiger partial charge in [-0.05, 0) is 61.8 Å². The van der Waals surface area contributed by atoms with Crippen LogP contribution in [0.5, 0.6) is 0 Å². The number of carbonyl (C=O) groups is 2. The molecule has 2 amide bonds. The number of hydrogen-bond donors (Lipinski definition) is 4. The lowest BCUT2D eigenvalue weighted by atomic mass is 10.1. The third-order valence-electron chi connectivity index (χ3n) is 7.33. The molecular weight excluding hydrogens is 520 g/mol. The average Bonchev–Trinajstić information content (AvgIpc) is 3.64. The summed E-state index contributed by atoms with van der Waals surface area (Å²) in [7, 11) is 0. The number of nitrogens with zero attached hydrogens (tertiary/aromatic N) is 3. The minimum Gasteiger partial charge on any atom is -0.387 e. The number of imide groups is 1. The fraction of sp³-hybridized carbons (Fsp3) is 0.286. The lowest BCUT2D eigenvalue weighted by Crippen LogP contribution is -2.37. The number of imidazole rings is 1. The van der Waals surface area contributed by atoms with Crippen molar-refractivity contribution < 1.29 is 14.7 Å². The van der Waals surface area contributed by atoms with Crippen LogP contribution in [0.1, 0.15) is 45.2 Å². The van der Waals surface area contributed by atoms with Gasteiger partial charge in [0.2, 0.25) is 0 Å². The second kappa shape index (κ2) is 10.3. The van der Waals surface area contributed by atoms with Crippen LogP contribution in [0.2, 0.25) is 5.02 Å². The zero-order valence-electron chi connectivity index (χ0n) is 21.0. The lowest BCUT2D eigenvalue weighted by molar-refractivity contribution is 0.0640. The Balaban J connectivity index is 1.25. The Morgan fingerprint density at radius 1 is 1.03 bits per heavy atom. The van der Waals surface area contributed by atoms with E-state index in [9.17, 15) is 19.5 Å². The highest BCUT2D eigenvalue weighted by Gasteiger charge is 2.36. The predicted molar refractivity (Wildman–Crippen MR) is 148 cm³/mol. The second-order valence-electron chi connectivity index (χ2n) is 9.86. The van der Waals surface area contributed by atoms with Crippen LogP contribution < -0.4 is 10.9 Å². The van der Waals surface area contributed by atoms with Crippen molar-refractivity contribution in [3.63, 3.8) is 0 Å². The number of aromatic nitrogens is 3. The summed E-state index contributed by atoms with van der Waals surface area (Å²) in [6, 6.07) is 11.9. The molecule has 0 spiro atoms. The fourth-order valence-corrected chi connectivity index (χ4v) is 5.46. The monoisotopic (exact) mass is 546 g/mol. The van der Waals surface area contributed by atoms with E-state index in [-0.39, 0.29) is 35.3 Å². The Hall–Kier alpha value is -3.99. The second-order valence-corrected chi connectivity index (χ2v) is 10.3. The molecule has 2 aliphatic rings. The molecule has 4 N–H and O–H groups in total. The molecule has 10 nitrogen and oxygen atoms in total.